The van der Waals surface area contributed by atoms with Crippen molar-refractivity contribution in [2.45, 2.75) is 6.42 Å². The maximum absolute atomic E-state index is 10.6. The van der Waals surface area contributed by atoms with Crippen LogP contribution in [0.4, 0.5) is 0 Å². The van der Waals surface area contributed by atoms with E-state index in [1.165, 1.54) is 18.6 Å². The highest BCUT2D eigenvalue weighted by Crippen LogP contribution is 2.00. The fourth-order valence-corrected chi connectivity index (χ4v) is 1.09. The SMILES string of the molecule is COC(=O)Cc1ccsn1. The Bertz CT molecular complexity index is 208. The number of methoxy groups -OCH3 is 1. The smallest absolute Gasteiger partial charge is 0.311 e. The summed E-state index contributed by atoms with van der Waals surface area (Å²) in [6.45, 7) is 0. The number of ether oxygens (including phenoxy) is 1. The van der Waals surface area contributed by atoms with Gasteiger partial charge in [-0.25, -0.2) is 0 Å². The third-order valence-electron chi connectivity index (χ3n) is 1.04. The molecule has 0 saturated heterocycles. The van der Waals surface area contributed by atoms with Crippen LogP contribution in [0.2, 0.25) is 0 Å². The Kier molecular flexibility index (Phi) is 2.39. The average Bonchev–Trinajstić information content (AvgIpc) is 2.40. The molecule has 0 bridgehead atoms. The van der Waals surface area contributed by atoms with Crippen LogP contribution in [0.15, 0.2) is 11.4 Å². The van der Waals surface area contributed by atoms with Crippen LogP contribution in [0.3, 0.4) is 0 Å². The lowest BCUT2D eigenvalue weighted by Gasteiger charge is -1.92. The Hall–Kier alpha value is -0.900. The first kappa shape index (κ1) is 7.21. The van der Waals surface area contributed by atoms with Gasteiger partial charge in [-0.2, -0.15) is 4.37 Å². The van der Waals surface area contributed by atoms with E-state index in [0.717, 1.165) is 5.69 Å². The van der Waals surface area contributed by atoms with Gasteiger partial charge in [0.1, 0.15) is 0 Å². The van der Waals surface area contributed by atoms with Gasteiger partial charge < -0.3 is 4.74 Å². The van der Waals surface area contributed by atoms with Crippen LogP contribution in [0.25, 0.3) is 0 Å². The van der Waals surface area contributed by atoms with Crippen LogP contribution < -0.4 is 0 Å². The average molecular weight is 157 g/mol. The molecule has 1 rings (SSSR count). The number of carbonyl (C=O) groups is 1. The fourth-order valence-electron chi connectivity index (χ4n) is 0.549. The second-order valence-corrected chi connectivity index (χ2v) is 2.41. The summed E-state index contributed by atoms with van der Waals surface area (Å²) in [5.41, 5.74) is 0.775. The van der Waals surface area contributed by atoms with Gasteiger partial charge in [-0.1, -0.05) is 0 Å². The van der Waals surface area contributed by atoms with E-state index in [1.54, 1.807) is 0 Å². The van der Waals surface area contributed by atoms with Crippen LogP contribution in [0.5, 0.6) is 0 Å². The number of hydrogen-bond donors (Lipinski definition) is 0. The molecular weight excluding hydrogens is 150 g/mol. The van der Waals surface area contributed by atoms with E-state index < -0.39 is 0 Å². The van der Waals surface area contributed by atoms with Crippen molar-refractivity contribution in [3.8, 4) is 0 Å². The lowest BCUT2D eigenvalue weighted by molar-refractivity contribution is -0.139. The summed E-state index contributed by atoms with van der Waals surface area (Å²) in [5, 5.41) is 1.83. The number of hydrogen-bond acceptors (Lipinski definition) is 4. The topological polar surface area (TPSA) is 39.2 Å². The first-order chi connectivity index (χ1) is 4.83. The van der Waals surface area contributed by atoms with E-state index >= 15 is 0 Å². The van der Waals surface area contributed by atoms with Gasteiger partial charge >= 0.3 is 5.97 Å². The molecule has 10 heavy (non-hydrogen) atoms. The predicted molar refractivity (Wildman–Crippen MR) is 37.8 cm³/mol. The Balaban J connectivity index is 2.48. The lowest BCUT2D eigenvalue weighted by atomic mass is 10.3. The second-order valence-electron chi connectivity index (χ2n) is 1.74. The summed E-state index contributed by atoms with van der Waals surface area (Å²) in [6, 6.07) is 1.81. The number of nitrogens with zero attached hydrogens (tertiary/aromatic N) is 1. The molecule has 54 valence electrons. The second kappa shape index (κ2) is 3.31. The minimum atomic E-state index is -0.245. The van der Waals surface area contributed by atoms with Crippen molar-refractivity contribution in [1.29, 1.82) is 0 Å². The summed E-state index contributed by atoms with van der Waals surface area (Å²) in [7, 11) is 1.37. The number of rotatable bonds is 2. The Labute approximate surface area is 62.8 Å². The summed E-state index contributed by atoms with van der Waals surface area (Å²) in [5.74, 6) is -0.245. The van der Waals surface area contributed by atoms with Crippen LogP contribution >= 0.6 is 11.5 Å². The Morgan fingerprint density at radius 1 is 1.90 bits per heavy atom. The molecule has 0 atom stereocenters. The molecule has 0 N–H and O–H groups in total. The normalized spacial score (nSPS) is 9.30. The summed E-state index contributed by atoms with van der Waals surface area (Å²) in [6.07, 6.45) is 0.278. The third-order valence-corrected chi connectivity index (χ3v) is 1.64. The molecule has 0 aromatic carbocycles. The highest BCUT2D eigenvalue weighted by atomic mass is 32.1. The zero-order chi connectivity index (χ0) is 7.40. The van der Waals surface area contributed by atoms with E-state index in [0.29, 0.717) is 0 Å². The van der Waals surface area contributed by atoms with Crippen LogP contribution in [0.1, 0.15) is 5.69 Å². The van der Waals surface area contributed by atoms with Gasteiger partial charge in [0.05, 0.1) is 19.2 Å². The summed E-state index contributed by atoms with van der Waals surface area (Å²) >= 11 is 1.33. The van der Waals surface area contributed by atoms with Gasteiger partial charge in [-0.3, -0.25) is 4.79 Å². The predicted octanol–water partition coefficient (Wildman–Crippen LogP) is 0.859. The highest BCUT2D eigenvalue weighted by molar-refractivity contribution is 7.03. The van der Waals surface area contributed by atoms with Crippen molar-refractivity contribution in [1.82, 2.24) is 4.37 Å². The molecule has 0 aliphatic heterocycles. The van der Waals surface area contributed by atoms with E-state index in [-0.39, 0.29) is 12.4 Å². The van der Waals surface area contributed by atoms with Crippen molar-refractivity contribution in [2.75, 3.05) is 7.11 Å². The quantitative estimate of drug-likeness (QED) is 0.598. The molecule has 0 saturated carbocycles. The van der Waals surface area contributed by atoms with Gasteiger partial charge in [-0.15, -0.1) is 0 Å². The molecular formula is C6H7NO2S. The first-order valence-corrected chi connectivity index (χ1v) is 3.62. The number of carbonyl (C=O) groups excluding carboxylic acids is 1. The third kappa shape index (κ3) is 1.80. The Morgan fingerprint density at radius 2 is 2.70 bits per heavy atom. The summed E-state index contributed by atoms with van der Waals surface area (Å²) in [4.78, 5) is 10.6. The molecule has 0 radical (unpaired) electrons. The maximum Gasteiger partial charge on any atom is 0.311 e. The summed E-state index contributed by atoms with van der Waals surface area (Å²) < 4.78 is 8.39. The van der Waals surface area contributed by atoms with Crippen LogP contribution in [-0.2, 0) is 16.0 Å². The van der Waals surface area contributed by atoms with Gasteiger partial charge in [0.25, 0.3) is 0 Å². The molecule has 0 amide bonds. The van der Waals surface area contributed by atoms with Gasteiger partial charge in [0, 0.05) is 5.38 Å². The van der Waals surface area contributed by atoms with E-state index in [1.807, 2.05) is 11.4 Å². The van der Waals surface area contributed by atoms with E-state index in [2.05, 4.69) is 9.11 Å². The molecule has 1 aromatic rings. The van der Waals surface area contributed by atoms with E-state index in [4.69, 9.17) is 0 Å². The standard InChI is InChI=1S/C6H7NO2S/c1-9-6(8)4-5-2-3-10-7-5/h2-3H,4H2,1H3. The zero-order valence-electron chi connectivity index (χ0n) is 5.53. The minimum Gasteiger partial charge on any atom is -0.469 e. The van der Waals surface area contributed by atoms with Gasteiger partial charge in [-0.05, 0) is 17.6 Å². The molecule has 0 aliphatic carbocycles. The molecule has 0 spiro atoms. The molecule has 0 unspecified atom stereocenters. The van der Waals surface area contributed by atoms with Crippen molar-refractivity contribution < 1.29 is 9.53 Å². The maximum atomic E-state index is 10.6. The molecule has 1 aromatic heterocycles. The van der Waals surface area contributed by atoms with Crippen molar-refractivity contribution in [3.63, 3.8) is 0 Å². The van der Waals surface area contributed by atoms with Crippen molar-refractivity contribution in [3.05, 3.63) is 17.1 Å². The van der Waals surface area contributed by atoms with Crippen LogP contribution in [0, 0.1) is 0 Å². The van der Waals surface area contributed by atoms with Gasteiger partial charge in [0.15, 0.2) is 0 Å². The zero-order valence-corrected chi connectivity index (χ0v) is 6.35. The number of aromatic nitrogens is 1. The van der Waals surface area contributed by atoms with Crippen molar-refractivity contribution in [2.24, 2.45) is 0 Å². The molecule has 0 fully saturated rings. The first-order valence-electron chi connectivity index (χ1n) is 2.79. The lowest BCUT2D eigenvalue weighted by Crippen LogP contribution is -2.03. The monoisotopic (exact) mass is 157 g/mol. The molecule has 4 heteroatoms. The van der Waals surface area contributed by atoms with Gasteiger partial charge in [0.2, 0.25) is 0 Å². The minimum absolute atomic E-state index is 0.245. The molecule has 0 aliphatic rings. The molecule has 3 nitrogen and oxygen atoms in total. The number of esters is 1. The fraction of sp³-hybridized carbons (Fsp3) is 0.333. The molecule has 1 heterocycles. The van der Waals surface area contributed by atoms with E-state index in [9.17, 15) is 4.79 Å². The van der Waals surface area contributed by atoms with Crippen LogP contribution in [-0.4, -0.2) is 17.5 Å². The largest absolute Gasteiger partial charge is 0.469 e. The Morgan fingerprint density at radius 3 is 3.20 bits per heavy atom. The van der Waals surface area contributed by atoms with Crippen molar-refractivity contribution >= 4 is 17.5 Å². The highest BCUT2D eigenvalue weighted by Gasteiger charge is 2.02.